The average molecular weight is 407 g/mol. The summed E-state index contributed by atoms with van der Waals surface area (Å²) in [7, 11) is 0. The Morgan fingerprint density at radius 1 is 1.20 bits per heavy atom. The van der Waals surface area contributed by atoms with E-state index in [1.54, 1.807) is 0 Å². The quantitative estimate of drug-likeness (QED) is 0.423. The Balaban J connectivity index is 1.85. The molecule has 3 aromatic rings. The maximum Gasteiger partial charge on any atom is 0.303 e. The van der Waals surface area contributed by atoms with Crippen LogP contribution in [0.2, 0.25) is 0 Å². The Hall–Kier alpha value is -2.79. The number of carboxylic acid groups (broad SMARTS) is 1. The van der Waals surface area contributed by atoms with E-state index < -0.39 is 5.97 Å². The molecule has 1 aliphatic rings. The molecule has 5 heteroatoms. The minimum atomic E-state index is -0.780. The summed E-state index contributed by atoms with van der Waals surface area (Å²) >= 11 is 0. The van der Waals surface area contributed by atoms with Crippen LogP contribution >= 0.6 is 0 Å². The Kier molecular flexibility index (Phi) is 6.38. The number of aromatic amines is 1. The number of rotatable bonds is 9. The van der Waals surface area contributed by atoms with Gasteiger partial charge in [0.25, 0.3) is 0 Å². The lowest BCUT2D eigenvalue weighted by atomic mass is 9.99. The number of aliphatic carboxylic acids is 1. The van der Waals surface area contributed by atoms with Crippen LogP contribution in [0, 0.1) is 0 Å². The van der Waals surface area contributed by atoms with Gasteiger partial charge in [0.2, 0.25) is 0 Å². The van der Waals surface area contributed by atoms with Gasteiger partial charge in [-0.05, 0) is 55.0 Å². The molecule has 0 spiro atoms. The van der Waals surface area contributed by atoms with Crippen LogP contribution in [-0.2, 0) is 22.6 Å². The SMILES string of the molecule is CCOCc1cc(NC2CCCC2)c2[nH]c(-c3ccccc3)c(CCC(=O)O)c2c1. The molecule has 0 saturated heterocycles. The van der Waals surface area contributed by atoms with Crippen molar-refractivity contribution in [2.24, 2.45) is 0 Å². The third-order valence-electron chi connectivity index (χ3n) is 5.91. The first-order valence-corrected chi connectivity index (χ1v) is 10.9. The summed E-state index contributed by atoms with van der Waals surface area (Å²) in [5.74, 6) is -0.780. The van der Waals surface area contributed by atoms with E-state index in [9.17, 15) is 9.90 Å². The number of ether oxygens (including phenoxy) is 1. The molecule has 2 aromatic carbocycles. The number of carbonyl (C=O) groups is 1. The highest BCUT2D eigenvalue weighted by Gasteiger charge is 2.20. The third kappa shape index (κ3) is 4.51. The van der Waals surface area contributed by atoms with Crippen LogP contribution in [0.4, 0.5) is 5.69 Å². The molecule has 0 amide bonds. The van der Waals surface area contributed by atoms with Crippen LogP contribution in [0.15, 0.2) is 42.5 Å². The molecule has 3 N–H and O–H groups in total. The molecule has 1 saturated carbocycles. The van der Waals surface area contributed by atoms with Crippen molar-refractivity contribution in [2.75, 3.05) is 11.9 Å². The van der Waals surface area contributed by atoms with E-state index in [1.165, 1.54) is 25.7 Å². The van der Waals surface area contributed by atoms with Crippen molar-refractivity contribution in [1.82, 2.24) is 4.98 Å². The summed E-state index contributed by atoms with van der Waals surface area (Å²) in [5, 5.41) is 14.2. The summed E-state index contributed by atoms with van der Waals surface area (Å²) in [4.78, 5) is 15.0. The van der Waals surface area contributed by atoms with Gasteiger partial charge in [-0.25, -0.2) is 0 Å². The van der Waals surface area contributed by atoms with Crippen molar-refractivity contribution < 1.29 is 14.6 Å². The zero-order valence-corrected chi connectivity index (χ0v) is 17.5. The van der Waals surface area contributed by atoms with Gasteiger partial charge in [-0.15, -0.1) is 0 Å². The third-order valence-corrected chi connectivity index (χ3v) is 5.91. The molecular weight excluding hydrogens is 376 g/mol. The number of carboxylic acids is 1. The number of nitrogens with one attached hydrogen (secondary N) is 2. The first-order chi connectivity index (χ1) is 14.7. The van der Waals surface area contributed by atoms with E-state index >= 15 is 0 Å². The van der Waals surface area contributed by atoms with E-state index in [0.717, 1.165) is 39.0 Å². The zero-order valence-electron chi connectivity index (χ0n) is 17.5. The van der Waals surface area contributed by atoms with Crippen LogP contribution in [0.3, 0.4) is 0 Å². The molecule has 5 nitrogen and oxygen atoms in total. The molecule has 0 atom stereocenters. The van der Waals surface area contributed by atoms with Gasteiger partial charge in [0.15, 0.2) is 0 Å². The molecule has 1 heterocycles. The summed E-state index contributed by atoms with van der Waals surface area (Å²) < 4.78 is 5.69. The lowest BCUT2D eigenvalue weighted by molar-refractivity contribution is -0.136. The zero-order chi connectivity index (χ0) is 20.9. The van der Waals surface area contributed by atoms with E-state index in [2.05, 4.69) is 34.6 Å². The van der Waals surface area contributed by atoms with E-state index in [4.69, 9.17) is 4.74 Å². The summed E-state index contributed by atoms with van der Waals surface area (Å²) in [5.41, 5.74) is 6.41. The fraction of sp³-hybridized carbons (Fsp3) is 0.400. The second-order valence-electron chi connectivity index (χ2n) is 8.07. The minimum absolute atomic E-state index is 0.105. The Morgan fingerprint density at radius 3 is 2.67 bits per heavy atom. The van der Waals surface area contributed by atoms with Gasteiger partial charge in [0.1, 0.15) is 0 Å². The molecule has 158 valence electrons. The van der Waals surface area contributed by atoms with Crippen molar-refractivity contribution in [3.05, 3.63) is 53.6 Å². The van der Waals surface area contributed by atoms with Crippen molar-refractivity contribution >= 4 is 22.6 Å². The molecule has 1 aliphatic carbocycles. The largest absolute Gasteiger partial charge is 0.481 e. The molecular formula is C25H30N2O3. The molecule has 1 fully saturated rings. The Labute approximate surface area is 177 Å². The number of aromatic nitrogens is 1. The lowest BCUT2D eigenvalue weighted by Gasteiger charge is -2.16. The molecule has 0 unspecified atom stereocenters. The van der Waals surface area contributed by atoms with Crippen molar-refractivity contribution in [2.45, 2.75) is 58.1 Å². The molecule has 0 radical (unpaired) electrons. The van der Waals surface area contributed by atoms with Gasteiger partial charge >= 0.3 is 5.97 Å². The van der Waals surface area contributed by atoms with Crippen LogP contribution in [0.25, 0.3) is 22.2 Å². The average Bonchev–Trinajstić information content (AvgIpc) is 3.39. The summed E-state index contributed by atoms with van der Waals surface area (Å²) in [6, 6.07) is 15.0. The first-order valence-electron chi connectivity index (χ1n) is 10.9. The Morgan fingerprint density at radius 2 is 1.97 bits per heavy atom. The number of benzene rings is 2. The molecule has 0 bridgehead atoms. The maximum atomic E-state index is 11.3. The second kappa shape index (κ2) is 9.35. The monoisotopic (exact) mass is 406 g/mol. The highest BCUT2D eigenvalue weighted by Crippen LogP contribution is 2.37. The molecule has 0 aliphatic heterocycles. The maximum absolute atomic E-state index is 11.3. The standard InChI is InChI=1S/C25H30N2O3/c1-2-30-16-17-14-21-20(12-13-23(28)29)24(18-8-4-3-5-9-18)27-25(21)22(15-17)26-19-10-6-7-11-19/h3-5,8-9,14-15,19,26-27H,2,6-7,10-13,16H2,1H3,(H,28,29). The van der Waals surface area contributed by atoms with Crippen LogP contribution < -0.4 is 5.32 Å². The first kappa shape index (κ1) is 20.5. The van der Waals surface area contributed by atoms with Crippen molar-refractivity contribution in [1.29, 1.82) is 0 Å². The predicted octanol–water partition coefficient (Wildman–Crippen LogP) is 5.74. The van der Waals surface area contributed by atoms with Crippen LogP contribution in [0.5, 0.6) is 0 Å². The Bertz CT molecular complexity index is 1000. The van der Waals surface area contributed by atoms with Crippen molar-refractivity contribution in [3.63, 3.8) is 0 Å². The number of aryl methyl sites for hydroxylation is 1. The topological polar surface area (TPSA) is 74.3 Å². The fourth-order valence-corrected chi connectivity index (χ4v) is 4.46. The molecule has 30 heavy (non-hydrogen) atoms. The minimum Gasteiger partial charge on any atom is -0.481 e. The second-order valence-corrected chi connectivity index (χ2v) is 8.07. The van der Waals surface area contributed by atoms with Gasteiger partial charge in [0, 0.05) is 30.1 Å². The van der Waals surface area contributed by atoms with Gasteiger partial charge < -0.3 is 20.1 Å². The van der Waals surface area contributed by atoms with Crippen LogP contribution in [0.1, 0.15) is 50.2 Å². The van der Waals surface area contributed by atoms with E-state index in [0.29, 0.717) is 25.7 Å². The van der Waals surface area contributed by atoms with E-state index in [-0.39, 0.29) is 6.42 Å². The highest BCUT2D eigenvalue weighted by molar-refractivity contribution is 5.99. The summed E-state index contributed by atoms with van der Waals surface area (Å²) in [6.45, 7) is 3.21. The van der Waals surface area contributed by atoms with Gasteiger partial charge in [0.05, 0.1) is 17.8 Å². The number of fused-ring (bicyclic) bond motifs is 1. The highest BCUT2D eigenvalue weighted by atomic mass is 16.5. The number of H-pyrrole nitrogens is 1. The fourth-order valence-electron chi connectivity index (χ4n) is 4.46. The van der Waals surface area contributed by atoms with Crippen LogP contribution in [-0.4, -0.2) is 28.7 Å². The van der Waals surface area contributed by atoms with E-state index in [1.807, 2.05) is 25.1 Å². The smallest absolute Gasteiger partial charge is 0.303 e. The van der Waals surface area contributed by atoms with Gasteiger partial charge in [-0.3, -0.25) is 4.79 Å². The number of hydrogen-bond acceptors (Lipinski definition) is 3. The predicted molar refractivity (Wildman–Crippen MR) is 121 cm³/mol. The van der Waals surface area contributed by atoms with Crippen molar-refractivity contribution in [3.8, 4) is 11.3 Å². The van der Waals surface area contributed by atoms with Gasteiger partial charge in [-0.1, -0.05) is 43.2 Å². The lowest BCUT2D eigenvalue weighted by Crippen LogP contribution is -2.15. The summed E-state index contributed by atoms with van der Waals surface area (Å²) in [6.07, 6.45) is 5.51. The number of anilines is 1. The molecule has 1 aromatic heterocycles. The normalized spacial score (nSPS) is 14.4. The number of hydrogen-bond donors (Lipinski definition) is 3. The van der Waals surface area contributed by atoms with Gasteiger partial charge in [-0.2, -0.15) is 0 Å². The molecule has 4 rings (SSSR count).